The zero-order valence-corrected chi connectivity index (χ0v) is 16.5. The van der Waals surface area contributed by atoms with E-state index in [-0.39, 0.29) is 5.91 Å². The highest BCUT2D eigenvalue weighted by Crippen LogP contribution is 2.28. The van der Waals surface area contributed by atoms with Gasteiger partial charge in [-0.1, -0.05) is 24.3 Å². The Morgan fingerprint density at radius 1 is 1.15 bits per heavy atom. The summed E-state index contributed by atoms with van der Waals surface area (Å²) in [6.45, 7) is 3.04. The van der Waals surface area contributed by atoms with Gasteiger partial charge in [-0.15, -0.1) is 11.3 Å². The van der Waals surface area contributed by atoms with Gasteiger partial charge < -0.3 is 14.4 Å². The van der Waals surface area contributed by atoms with Gasteiger partial charge in [-0.25, -0.2) is 4.98 Å². The van der Waals surface area contributed by atoms with E-state index in [1.807, 2.05) is 55.5 Å². The Bertz CT molecular complexity index is 923. The molecule has 1 heterocycles. The fraction of sp³-hybridized carbons (Fsp3) is 0.238. The van der Waals surface area contributed by atoms with Crippen LogP contribution in [0.3, 0.4) is 0 Å². The highest BCUT2D eigenvalue weighted by atomic mass is 32.1. The lowest BCUT2D eigenvalue weighted by Gasteiger charge is -2.11. The molecule has 0 unspecified atom stereocenters. The van der Waals surface area contributed by atoms with E-state index in [1.54, 1.807) is 24.4 Å². The molecule has 27 heavy (non-hydrogen) atoms. The summed E-state index contributed by atoms with van der Waals surface area (Å²) in [4.78, 5) is 18.4. The zero-order valence-electron chi connectivity index (χ0n) is 15.6. The van der Waals surface area contributed by atoms with Crippen LogP contribution in [0.15, 0.2) is 53.9 Å². The minimum atomic E-state index is -0.0644. The summed E-state index contributed by atoms with van der Waals surface area (Å²) in [5.41, 5.74) is 2.44. The molecule has 140 valence electrons. The molecule has 0 aliphatic carbocycles. The van der Waals surface area contributed by atoms with Crippen LogP contribution in [0, 0.1) is 0 Å². The number of methoxy groups -OCH3 is 1. The summed E-state index contributed by atoms with van der Waals surface area (Å²) in [6, 6.07) is 15.5. The van der Waals surface area contributed by atoms with Crippen LogP contribution in [-0.2, 0) is 6.61 Å². The van der Waals surface area contributed by atoms with Gasteiger partial charge in [0.1, 0.15) is 28.8 Å². The lowest BCUT2D eigenvalue weighted by molar-refractivity contribution is 0.0797. The monoisotopic (exact) mass is 382 g/mol. The number of rotatable bonds is 7. The van der Waals surface area contributed by atoms with Crippen LogP contribution in [-0.4, -0.2) is 36.5 Å². The van der Waals surface area contributed by atoms with Gasteiger partial charge in [0.2, 0.25) is 0 Å². The summed E-state index contributed by atoms with van der Waals surface area (Å²) < 4.78 is 11.1. The second-order valence-corrected chi connectivity index (χ2v) is 6.88. The van der Waals surface area contributed by atoms with Crippen molar-refractivity contribution in [2.75, 3.05) is 20.7 Å². The third-order valence-corrected chi connectivity index (χ3v) is 5.06. The smallest absolute Gasteiger partial charge is 0.273 e. The number of thiazole rings is 1. The summed E-state index contributed by atoms with van der Waals surface area (Å²) in [6.07, 6.45) is 0. The third-order valence-electron chi connectivity index (χ3n) is 4.16. The van der Waals surface area contributed by atoms with E-state index in [4.69, 9.17) is 9.47 Å². The molecule has 3 aromatic rings. The quantitative estimate of drug-likeness (QED) is 0.604. The van der Waals surface area contributed by atoms with Crippen LogP contribution in [0.4, 0.5) is 0 Å². The number of benzene rings is 2. The molecular weight excluding hydrogens is 360 g/mol. The van der Waals surface area contributed by atoms with Crippen molar-refractivity contribution in [3.8, 4) is 22.1 Å². The van der Waals surface area contributed by atoms with E-state index in [0.717, 1.165) is 27.6 Å². The Kier molecular flexibility index (Phi) is 6.08. The number of nitrogens with zero attached hydrogens (tertiary/aromatic N) is 2. The van der Waals surface area contributed by atoms with Gasteiger partial charge in [0, 0.05) is 24.5 Å². The van der Waals surface area contributed by atoms with Crippen LogP contribution < -0.4 is 9.47 Å². The van der Waals surface area contributed by atoms with Gasteiger partial charge in [-0.3, -0.25) is 4.79 Å². The number of carbonyl (C=O) groups is 1. The van der Waals surface area contributed by atoms with Gasteiger partial charge in [-0.2, -0.15) is 0 Å². The van der Waals surface area contributed by atoms with Gasteiger partial charge in [0.15, 0.2) is 0 Å². The Hall–Kier alpha value is -2.86. The average molecular weight is 382 g/mol. The molecule has 0 N–H and O–H groups in total. The molecule has 0 radical (unpaired) electrons. The largest absolute Gasteiger partial charge is 0.497 e. The van der Waals surface area contributed by atoms with Crippen molar-refractivity contribution in [2.45, 2.75) is 13.5 Å². The first-order chi connectivity index (χ1) is 13.1. The summed E-state index contributed by atoms with van der Waals surface area (Å²) >= 11 is 1.46. The molecule has 1 amide bonds. The zero-order chi connectivity index (χ0) is 19.2. The van der Waals surface area contributed by atoms with E-state index in [0.29, 0.717) is 18.8 Å². The lowest BCUT2D eigenvalue weighted by Crippen LogP contribution is -2.26. The molecule has 0 saturated carbocycles. The second-order valence-electron chi connectivity index (χ2n) is 6.03. The van der Waals surface area contributed by atoms with E-state index >= 15 is 0 Å². The number of ether oxygens (including phenoxy) is 2. The molecule has 0 aliphatic rings. The summed E-state index contributed by atoms with van der Waals surface area (Å²) in [7, 11) is 3.42. The van der Waals surface area contributed by atoms with E-state index in [1.165, 1.54) is 11.3 Å². The van der Waals surface area contributed by atoms with Crippen molar-refractivity contribution in [1.82, 2.24) is 9.88 Å². The first kappa shape index (κ1) is 18.9. The Morgan fingerprint density at radius 3 is 2.70 bits per heavy atom. The molecule has 5 nitrogen and oxygen atoms in total. The fourth-order valence-corrected chi connectivity index (χ4v) is 3.28. The minimum Gasteiger partial charge on any atom is -0.497 e. The maximum Gasteiger partial charge on any atom is 0.273 e. The fourth-order valence-electron chi connectivity index (χ4n) is 2.49. The molecule has 6 heteroatoms. The SMILES string of the molecule is CCN(C)C(=O)c1csc(-c2cccc(OCc3cccc(OC)c3)c2)n1. The number of amides is 1. The number of hydrogen-bond acceptors (Lipinski definition) is 5. The molecule has 2 aromatic carbocycles. The third kappa shape index (κ3) is 4.65. The van der Waals surface area contributed by atoms with Crippen molar-refractivity contribution >= 4 is 17.2 Å². The Morgan fingerprint density at radius 2 is 1.93 bits per heavy atom. The second kappa shape index (κ2) is 8.68. The van der Waals surface area contributed by atoms with E-state index < -0.39 is 0 Å². The van der Waals surface area contributed by atoms with Crippen molar-refractivity contribution in [1.29, 1.82) is 0 Å². The Balaban J connectivity index is 1.72. The van der Waals surface area contributed by atoms with Crippen molar-refractivity contribution in [3.05, 3.63) is 65.2 Å². The van der Waals surface area contributed by atoms with Crippen LogP contribution >= 0.6 is 11.3 Å². The first-order valence-electron chi connectivity index (χ1n) is 8.68. The topological polar surface area (TPSA) is 51.7 Å². The molecule has 3 rings (SSSR count). The molecule has 1 aromatic heterocycles. The predicted octanol–water partition coefficient (Wildman–Crippen LogP) is 4.49. The number of hydrogen-bond donors (Lipinski definition) is 0. The molecule has 0 bridgehead atoms. The Labute approximate surface area is 163 Å². The average Bonchev–Trinajstić information content (AvgIpc) is 3.21. The highest BCUT2D eigenvalue weighted by Gasteiger charge is 2.15. The number of carbonyl (C=O) groups excluding carboxylic acids is 1. The molecule has 0 fully saturated rings. The molecular formula is C21H22N2O3S. The van der Waals surface area contributed by atoms with Gasteiger partial charge in [0.25, 0.3) is 5.91 Å². The normalized spacial score (nSPS) is 10.5. The van der Waals surface area contributed by atoms with Gasteiger partial charge in [0.05, 0.1) is 7.11 Å². The first-order valence-corrected chi connectivity index (χ1v) is 9.56. The predicted molar refractivity (Wildman–Crippen MR) is 108 cm³/mol. The lowest BCUT2D eigenvalue weighted by atomic mass is 10.2. The minimum absolute atomic E-state index is 0.0644. The van der Waals surface area contributed by atoms with Crippen molar-refractivity contribution in [3.63, 3.8) is 0 Å². The molecule has 0 saturated heterocycles. The van der Waals surface area contributed by atoms with E-state index in [2.05, 4.69) is 4.98 Å². The molecule has 0 aliphatic heterocycles. The number of aromatic nitrogens is 1. The molecule has 0 atom stereocenters. The van der Waals surface area contributed by atoms with E-state index in [9.17, 15) is 4.79 Å². The molecule has 0 spiro atoms. The maximum atomic E-state index is 12.2. The summed E-state index contributed by atoms with van der Waals surface area (Å²) in [5, 5.41) is 2.60. The standard InChI is InChI=1S/C21H22N2O3S/c1-4-23(2)21(24)19-14-27-20(22-19)16-8-6-10-18(12-16)26-13-15-7-5-9-17(11-15)25-3/h5-12,14H,4,13H2,1-3H3. The van der Waals surface area contributed by atoms with Gasteiger partial charge >= 0.3 is 0 Å². The van der Waals surface area contributed by atoms with Crippen LogP contribution in [0.1, 0.15) is 23.0 Å². The van der Waals surface area contributed by atoms with Crippen molar-refractivity contribution in [2.24, 2.45) is 0 Å². The van der Waals surface area contributed by atoms with Crippen LogP contribution in [0.5, 0.6) is 11.5 Å². The van der Waals surface area contributed by atoms with Crippen LogP contribution in [0.25, 0.3) is 10.6 Å². The summed E-state index contributed by atoms with van der Waals surface area (Å²) in [5.74, 6) is 1.50. The maximum absolute atomic E-state index is 12.2. The highest BCUT2D eigenvalue weighted by molar-refractivity contribution is 7.13. The van der Waals surface area contributed by atoms with Gasteiger partial charge in [-0.05, 0) is 36.8 Å². The van der Waals surface area contributed by atoms with Crippen molar-refractivity contribution < 1.29 is 14.3 Å². The van der Waals surface area contributed by atoms with Crippen LogP contribution in [0.2, 0.25) is 0 Å².